The standard InChI is InChI=1S/C18H15Cl2N/c19-15-9-2-1-5-14(15)17-12-7-3-6-11(12)13-8-4-10-16(20)18(13)21-17/h1-6,8-12,17,21H,7H2/t11-,12+,17-/m1/s1. The number of fused-ring (bicyclic) bond motifs is 3. The third kappa shape index (κ3) is 2.07. The van der Waals surface area contributed by atoms with Gasteiger partial charge in [0.05, 0.1) is 16.8 Å². The Morgan fingerprint density at radius 3 is 2.52 bits per heavy atom. The number of anilines is 1. The fraction of sp³-hybridized carbons (Fsp3) is 0.222. The van der Waals surface area contributed by atoms with Crippen molar-refractivity contribution in [1.82, 2.24) is 0 Å². The summed E-state index contributed by atoms with van der Waals surface area (Å²) in [6.07, 6.45) is 5.65. The first-order valence-electron chi connectivity index (χ1n) is 7.22. The smallest absolute Gasteiger partial charge is 0.0640 e. The van der Waals surface area contributed by atoms with E-state index in [4.69, 9.17) is 23.2 Å². The van der Waals surface area contributed by atoms with Gasteiger partial charge in [0, 0.05) is 10.9 Å². The van der Waals surface area contributed by atoms with Gasteiger partial charge in [-0.2, -0.15) is 0 Å². The van der Waals surface area contributed by atoms with E-state index in [1.165, 1.54) is 5.56 Å². The third-order valence-electron chi connectivity index (χ3n) is 4.59. The molecule has 0 fully saturated rings. The number of nitrogens with one attached hydrogen (secondary N) is 1. The Morgan fingerprint density at radius 1 is 0.905 bits per heavy atom. The van der Waals surface area contributed by atoms with E-state index in [9.17, 15) is 0 Å². The molecule has 2 aliphatic rings. The Morgan fingerprint density at radius 2 is 1.67 bits per heavy atom. The minimum absolute atomic E-state index is 0.200. The van der Waals surface area contributed by atoms with Crippen molar-refractivity contribution in [2.45, 2.75) is 18.4 Å². The molecule has 106 valence electrons. The number of hydrogen-bond donors (Lipinski definition) is 1. The van der Waals surface area contributed by atoms with Gasteiger partial charge < -0.3 is 5.32 Å². The zero-order chi connectivity index (χ0) is 14.4. The summed E-state index contributed by atoms with van der Waals surface area (Å²) in [5, 5.41) is 5.23. The summed E-state index contributed by atoms with van der Waals surface area (Å²) < 4.78 is 0. The van der Waals surface area contributed by atoms with Gasteiger partial charge in [-0.25, -0.2) is 0 Å². The summed E-state index contributed by atoms with van der Waals surface area (Å²) >= 11 is 12.8. The molecule has 2 aromatic carbocycles. The Hall–Kier alpha value is -1.44. The van der Waals surface area contributed by atoms with Crippen LogP contribution in [-0.4, -0.2) is 0 Å². The van der Waals surface area contributed by atoms with Crippen molar-refractivity contribution in [1.29, 1.82) is 0 Å². The minimum atomic E-state index is 0.200. The lowest BCUT2D eigenvalue weighted by Gasteiger charge is -2.38. The van der Waals surface area contributed by atoms with Gasteiger partial charge in [-0.3, -0.25) is 0 Å². The molecule has 1 heterocycles. The van der Waals surface area contributed by atoms with Crippen LogP contribution < -0.4 is 5.32 Å². The highest BCUT2D eigenvalue weighted by atomic mass is 35.5. The molecule has 0 unspecified atom stereocenters. The molecule has 21 heavy (non-hydrogen) atoms. The highest BCUT2D eigenvalue weighted by Crippen LogP contribution is 2.52. The van der Waals surface area contributed by atoms with E-state index in [1.54, 1.807) is 0 Å². The van der Waals surface area contributed by atoms with Crippen LogP contribution in [0.3, 0.4) is 0 Å². The molecule has 0 spiro atoms. The molecule has 1 aliphatic heterocycles. The number of benzene rings is 2. The van der Waals surface area contributed by atoms with Gasteiger partial charge in [0.1, 0.15) is 0 Å². The number of rotatable bonds is 1. The molecule has 0 saturated heterocycles. The summed E-state index contributed by atoms with van der Waals surface area (Å²) in [5.74, 6) is 0.914. The molecule has 3 atom stereocenters. The predicted octanol–water partition coefficient (Wildman–Crippen LogP) is 5.82. The van der Waals surface area contributed by atoms with Crippen molar-refractivity contribution < 1.29 is 0 Å². The first kappa shape index (κ1) is 13.2. The quantitative estimate of drug-likeness (QED) is 0.654. The SMILES string of the molecule is Clc1ccccc1[C@@H]1Nc2c(Cl)cccc2[C@@H]2C=CC[C@@H]21. The number of allylic oxidation sites excluding steroid dienone is 2. The average molecular weight is 316 g/mol. The molecular weight excluding hydrogens is 301 g/mol. The zero-order valence-electron chi connectivity index (χ0n) is 11.4. The lowest BCUT2D eigenvalue weighted by molar-refractivity contribution is 0.426. The molecule has 3 heteroatoms. The van der Waals surface area contributed by atoms with E-state index in [1.807, 2.05) is 30.3 Å². The van der Waals surface area contributed by atoms with Gasteiger partial charge in [-0.15, -0.1) is 0 Å². The molecule has 4 rings (SSSR count). The lowest BCUT2D eigenvalue weighted by atomic mass is 9.77. The van der Waals surface area contributed by atoms with E-state index >= 15 is 0 Å². The predicted molar refractivity (Wildman–Crippen MR) is 89.3 cm³/mol. The summed E-state index contributed by atoms with van der Waals surface area (Å²) in [6.45, 7) is 0. The van der Waals surface area contributed by atoms with Crippen LogP contribution >= 0.6 is 23.2 Å². The van der Waals surface area contributed by atoms with Crippen LogP contribution in [0, 0.1) is 5.92 Å². The van der Waals surface area contributed by atoms with Gasteiger partial charge >= 0.3 is 0 Å². The summed E-state index contributed by atoms with van der Waals surface area (Å²) in [5.41, 5.74) is 3.50. The van der Waals surface area contributed by atoms with Crippen LogP contribution in [0.4, 0.5) is 5.69 Å². The summed E-state index contributed by atoms with van der Waals surface area (Å²) in [7, 11) is 0. The molecule has 0 saturated carbocycles. The van der Waals surface area contributed by atoms with Crippen LogP contribution in [0.5, 0.6) is 0 Å². The van der Waals surface area contributed by atoms with E-state index in [-0.39, 0.29) is 6.04 Å². The van der Waals surface area contributed by atoms with Crippen molar-refractivity contribution in [2.75, 3.05) is 5.32 Å². The topological polar surface area (TPSA) is 12.0 Å². The van der Waals surface area contributed by atoms with Crippen LogP contribution in [-0.2, 0) is 0 Å². The summed E-state index contributed by atoms with van der Waals surface area (Å²) in [4.78, 5) is 0. The molecule has 1 N–H and O–H groups in total. The van der Waals surface area contributed by atoms with Crippen molar-refractivity contribution in [3.63, 3.8) is 0 Å². The monoisotopic (exact) mass is 315 g/mol. The normalized spacial score (nSPS) is 26.1. The van der Waals surface area contributed by atoms with Crippen LogP contribution in [0.25, 0.3) is 0 Å². The first-order valence-corrected chi connectivity index (χ1v) is 7.97. The Balaban J connectivity index is 1.85. The van der Waals surface area contributed by atoms with Gasteiger partial charge in [-0.05, 0) is 35.6 Å². The van der Waals surface area contributed by atoms with Crippen LogP contribution in [0.15, 0.2) is 54.6 Å². The van der Waals surface area contributed by atoms with Gasteiger partial charge in [0.2, 0.25) is 0 Å². The maximum absolute atomic E-state index is 6.42. The van der Waals surface area contributed by atoms with E-state index in [2.05, 4.69) is 29.6 Å². The molecule has 0 aromatic heterocycles. The molecule has 0 radical (unpaired) electrons. The number of hydrogen-bond acceptors (Lipinski definition) is 1. The fourth-order valence-corrected chi connectivity index (χ4v) is 4.11. The molecular formula is C18H15Cl2N. The Kier molecular flexibility index (Phi) is 3.20. The Labute approximate surface area is 134 Å². The fourth-order valence-electron chi connectivity index (χ4n) is 3.62. The highest BCUT2D eigenvalue weighted by Gasteiger charge is 2.39. The van der Waals surface area contributed by atoms with Crippen LogP contribution in [0.1, 0.15) is 29.5 Å². The van der Waals surface area contributed by atoms with Crippen molar-refractivity contribution in [3.8, 4) is 0 Å². The number of para-hydroxylation sites is 1. The van der Waals surface area contributed by atoms with Crippen molar-refractivity contribution >= 4 is 28.9 Å². The summed E-state index contributed by atoms with van der Waals surface area (Å²) in [6, 6.07) is 14.4. The molecule has 1 aliphatic carbocycles. The average Bonchev–Trinajstić information content (AvgIpc) is 2.97. The number of halogens is 2. The Bertz CT molecular complexity index is 723. The zero-order valence-corrected chi connectivity index (χ0v) is 12.9. The molecule has 1 nitrogen and oxygen atoms in total. The maximum atomic E-state index is 6.42. The third-order valence-corrected chi connectivity index (χ3v) is 5.25. The van der Waals surface area contributed by atoms with E-state index in [0.29, 0.717) is 11.8 Å². The van der Waals surface area contributed by atoms with Crippen molar-refractivity contribution in [2.24, 2.45) is 5.92 Å². The minimum Gasteiger partial charge on any atom is -0.376 e. The first-order chi connectivity index (χ1) is 10.3. The van der Waals surface area contributed by atoms with Gasteiger partial charge in [-0.1, -0.05) is 65.7 Å². The molecule has 2 aromatic rings. The lowest BCUT2D eigenvalue weighted by Crippen LogP contribution is -2.29. The molecule has 0 amide bonds. The molecule has 0 bridgehead atoms. The second-order valence-electron chi connectivity index (χ2n) is 5.70. The highest BCUT2D eigenvalue weighted by molar-refractivity contribution is 6.33. The van der Waals surface area contributed by atoms with Gasteiger partial charge in [0.15, 0.2) is 0 Å². The van der Waals surface area contributed by atoms with Crippen LogP contribution in [0.2, 0.25) is 10.0 Å². The van der Waals surface area contributed by atoms with Gasteiger partial charge in [0.25, 0.3) is 0 Å². The van der Waals surface area contributed by atoms with E-state index < -0.39 is 0 Å². The van der Waals surface area contributed by atoms with E-state index in [0.717, 1.165) is 27.7 Å². The van der Waals surface area contributed by atoms with Crippen molar-refractivity contribution in [3.05, 3.63) is 75.8 Å². The maximum Gasteiger partial charge on any atom is 0.0640 e. The second-order valence-corrected chi connectivity index (χ2v) is 6.52. The second kappa shape index (κ2) is 5.08. The largest absolute Gasteiger partial charge is 0.376 e.